The number of likely N-dealkylation sites (N-methyl/N-ethyl adjacent to an activating group) is 1. The molecule has 0 spiro atoms. The number of carboxylic acids is 1. The summed E-state index contributed by atoms with van der Waals surface area (Å²) in [4.78, 5) is 36.8. The number of hydrogen-bond acceptors (Lipinski definition) is 6. The van der Waals surface area contributed by atoms with E-state index in [1.807, 2.05) is 42.3 Å². The number of ether oxygens (including phenoxy) is 2. The molecule has 1 unspecified atom stereocenters. The number of amides is 2. The Morgan fingerprint density at radius 3 is 2.37 bits per heavy atom. The van der Waals surface area contributed by atoms with Gasteiger partial charge in [-0.05, 0) is 52.8 Å². The SMILES string of the molecule is CN(CCCC(NC(=O)OC(C)(C)C)C(=O)O)CCNC(=O)OCc1ccccc1. The van der Waals surface area contributed by atoms with E-state index in [4.69, 9.17) is 9.47 Å². The topological polar surface area (TPSA) is 117 Å². The van der Waals surface area contributed by atoms with Crippen molar-refractivity contribution in [2.75, 3.05) is 26.7 Å². The van der Waals surface area contributed by atoms with Crippen molar-refractivity contribution in [3.63, 3.8) is 0 Å². The Hall–Kier alpha value is -2.81. The first-order chi connectivity index (χ1) is 14.1. The van der Waals surface area contributed by atoms with E-state index in [2.05, 4.69) is 10.6 Å². The van der Waals surface area contributed by atoms with Crippen LogP contribution in [0.4, 0.5) is 9.59 Å². The summed E-state index contributed by atoms with van der Waals surface area (Å²) >= 11 is 0. The molecule has 0 aliphatic heterocycles. The third kappa shape index (κ3) is 11.9. The zero-order valence-corrected chi connectivity index (χ0v) is 18.1. The minimum absolute atomic E-state index is 0.212. The van der Waals surface area contributed by atoms with Gasteiger partial charge in [0.2, 0.25) is 0 Å². The molecule has 0 heterocycles. The fourth-order valence-corrected chi connectivity index (χ4v) is 2.51. The number of carbonyl (C=O) groups is 3. The molecule has 9 heteroatoms. The zero-order chi connectivity index (χ0) is 22.6. The molecule has 2 amide bonds. The number of aliphatic carboxylic acids is 1. The van der Waals surface area contributed by atoms with Crippen LogP contribution < -0.4 is 10.6 Å². The van der Waals surface area contributed by atoms with Gasteiger partial charge in [0.25, 0.3) is 0 Å². The minimum atomic E-state index is -1.11. The van der Waals surface area contributed by atoms with Crippen LogP contribution in [0.15, 0.2) is 30.3 Å². The highest BCUT2D eigenvalue weighted by Crippen LogP contribution is 2.08. The van der Waals surface area contributed by atoms with Crippen molar-refractivity contribution in [3.8, 4) is 0 Å². The van der Waals surface area contributed by atoms with Crippen LogP contribution in [-0.4, -0.2) is 66.5 Å². The molecule has 0 aliphatic rings. The summed E-state index contributed by atoms with van der Waals surface area (Å²) in [5, 5.41) is 14.3. The normalized spacial score (nSPS) is 12.2. The molecule has 1 atom stereocenters. The molecule has 30 heavy (non-hydrogen) atoms. The van der Waals surface area contributed by atoms with Crippen LogP contribution in [0.25, 0.3) is 0 Å². The Balaban J connectivity index is 2.21. The van der Waals surface area contributed by atoms with E-state index >= 15 is 0 Å². The molecule has 0 aliphatic carbocycles. The van der Waals surface area contributed by atoms with Crippen LogP contribution in [0.1, 0.15) is 39.2 Å². The van der Waals surface area contributed by atoms with Gasteiger partial charge in [-0.25, -0.2) is 14.4 Å². The minimum Gasteiger partial charge on any atom is -0.480 e. The smallest absolute Gasteiger partial charge is 0.408 e. The summed E-state index contributed by atoms with van der Waals surface area (Å²) in [6.07, 6.45) is -0.408. The van der Waals surface area contributed by atoms with Crippen LogP contribution in [0, 0.1) is 0 Å². The molecule has 168 valence electrons. The number of carboxylic acid groups (broad SMARTS) is 1. The summed E-state index contributed by atoms with van der Waals surface area (Å²) in [7, 11) is 1.87. The lowest BCUT2D eigenvalue weighted by atomic mass is 10.1. The maximum atomic E-state index is 11.8. The van der Waals surface area contributed by atoms with Crippen molar-refractivity contribution in [1.29, 1.82) is 0 Å². The summed E-state index contributed by atoms with van der Waals surface area (Å²) < 4.78 is 10.2. The molecular formula is C21H33N3O6. The largest absolute Gasteiger partial charge is 0.480 e. The van der Waals surface area contributed by atoms with E-state index < -0.39 is 29.8 Å². The van der Waals surface area contributed by atoms with Gasteiger partial charge >= 0.3 is 18.2 Å². The number of hydrogen-bond donors (Lipinski definition) is 3. The first-order valence-electron chi connectivity index (χ1n) is 9.92. The second-order valence-electron chi connectivity index (χ2n) is 7.97. The average molecular weight is 424 g/mol. The Labute approximate surface area is 177 Å². The first kappa shape index (κ1) is 25.2. The van der Waals surface area contributed by atoms with Gasteiger partial charge in [-0.2, -0.15) is 0 Å². The Kier molecular flexibility index (Phi) is 10.7. The maximum Gasteiger partial charge on any atom is 0.408 e. The summed E-state index contributed by atoms with van der Waals surface area (Å²) in [6, 6.07) is 8.39. The van der Waals surface area contributed by atoms with Crippen molar-refractivity contribution >= 4 is 18.2 Å². The second-order valence-corrected chi connectivity index (χ2v) is 7.97. The van der Waals surface area contributed by atoms with Crippen LogP contribution in [-0.2, 0) is 20.9 Å². The number of alkyl carbamates (subject to hydrolysis) is 2. The second kappa shape index (κ2) is 12.7. The zero-order valence-electron chi connectivity index (χ0n) is 18.1. The van der Waals surface area contributed by atoms with Crippen molar-refractivity contribution in [2.24, 2.45) is 0 Å². The third-order valence-electron chi connectivity index (χ3n) is 4.00. The van der Waals surface area contributed by atoms with E-state index in [-0.39, 0.29) is 13.0 Å². The van der Waals surface area contributed by atoms with Crippen molar-refractivity contribution in [2.45, 2.75) is 51.9 Å². The summed E-state index contributed by atoms with van der Waals surface area (Å²) in [6.45, 7) is 6.94. The van der Waals surface area contributed by atoms with Crippen LogP contribution in [0.2, 0.25) is 0 Å². The molecule has 1 aromatic rings. The third-order valence-corrected chi connectivity index (χ3v) is 4.00. The molecule has 0 fully saturated rings. The van der Waals surface area contributed by atoms with Gasteiger partial charge in [0.15, 0.2) is 0 Å². The number of rotatable bonds is 11. The summed E-state index contributed by atoms with van der Waals surface area (Å²) in [5.74, 6) is -1.11. The molecule has 0 saturated heterocycles. The van der Waals surface area contributed by atoms with Crippen molar-refractivity contribution in [3.05, 3.63) is 35.9 Å². The van der Waals surface area contributed by atoms with Crippen molar-refractivity contribution in [1.82, 2.24) is 15.5 Å². The van der Waals surface area contributed by atoms with Gasteiger partial charge in [0, 0.05) is 13.1 Å². The van der Waals surface area contributed by atoms with Gasteiger partial charge < -0.3 is 30.1 Å². The van der Waals surface area contributed by atoms with E-state index in [0.29, 0.717) is 26.1 Å². The van der Waals surface area contributed by atoms with Crippen LogP contribution >= 0.6 is 0 Å². The standard InChI is InChI=1S/C21H33N3O6/c1-21(2,3)30-20(28)23-17(18(25)26)11-8-13-24(4)14-12-22-19(27)29-15-16-9-6-5-7-10-16/h5-7,9-10,17H,8,11-15H2,1-4H3,(H,22,27)(H,23,28)(H,25,26). The Morgan fingerprint density at radius 2 is 1.77 bits per heavy atom. The lowest BCUT2D eigenvalue weighted by Crippen LogP contribution is -2.43. The molecule has 0 aromatic heterocycles. The molecule has 3 N–H and O–H groups in total. The predicted octanol–water partition coefficient (Wildman–Crippen LogP) is 2.60. The Bertz CT molecular complexity index is 675. The fourth-order valence-electron chi connectivity index (χ4n) is 2.51. The number of nitrogens with one attached hydrogen (secondary N) is 2. The lowest BCUT2D eigenvalue weighted by molar-refractivity contribution is -0.139. The van der Waals surface area contributed by atoms with Gasteiger partial charge in [0.05, 0.1) is 0 Å². The molecule has 0 saturated carbocycles. The highest BCUT2D eigenvalue weighted by molar-refractivity contribution is 5.79. The predicted molar refractivity (Wildman–Crippen MR) is 112 cm³/mol. The van der Waals surface area contributed by atoms with E-state index in [1.165, 1.54) is 0 Å². The van der Waals surface area contributed by atoms with E-state index in [0.717, 1.165) is 5.56 Å². The van der Waals surface area contributed by atoms with E-state index in [9.17, 15) is 19.5 Å². The molecular weight excluding hydrogens is 390 g/mol. The maximum absolute atomic E-state index is 11.8. The molecule has 9 nitrogen and oxygen atoms in total. The monoisotopic (exact) mass is 423 g/mol. The van der Waals surface area contributed by atoms with Crippen LogP contribution in [0.3, 0.4) is 0 Å². The average Bonchev–Trinajstić information content (AvgIpc) is 2.65. The number of benzene rings is 1. The molecule has 0 bridgehead atoms. The molecule has 1 rings (SSSR count). The molecule has 1 aromatic carbocycles. The van der Waals surface area contributed by atoms with Gasteiger partial charge in [-0.3, -0.25) is 0 Å². The van der Waals surface area contributed by atoms with Gasteiger partial charge in [-0.15, -0.1) is 0 Å². The fraction of sp³-hybridized carbons (Fsp3) is 0.571. The summed E-state index contributed by atoms with van der Waals surface area (Å²) in [5.41, 5.74) is 0.223. The highest BCUT2D eigenvalue weighted by atomic mass is 16.6. The van der Waals surface area contributed by atoms with Gasteiger partial charge in [0.1, 0.15) is 18.2 Å². The van der Waals surface area contributed by atoms with Gasteiger partial charge in [-0.1, -0.05) is 30.3 Å². The lowest BCUT2D eigenvalue weighted by Gasteiger charge is -2.22. The molecule has 0 radical (unpaired) electrons. The number of carbonyl (C=O) groups excluding carboxylic acids is 2. The highest BCUT2D eigenvalue weighted by Gasteiger charge is 2.23. The van der Waals surface area contributed by atoms with E-state index in [1.54, 1.807) is 20.8 Å². The first-order valence-corrected chi connectivity index (χ1v) is 9.92. The van der Waals surface area contributed by atoms with Crippen molar-refractivity contribution < 1.29 is 29.0 Å². The Morgan fingerprint density at radius 1 is 1.10 bits per heavy atom. The van der Waals surface area contributed by atoms with Crippen LogP contribution in [0.5, 0.6) is 0 Å². The quantitative estimate of drug-likeness (QED) is 0.501. The number of nitrogens with zero attached hydrogens (tertiary/aromatic N) is 1.